The molecule has 0 fully saturated rings. The van der Waals surface area contributed by atoms with Crippen LogP contribution in [-0.2, 0) is 10.0 Å². The summed E-state index contributed by atoms with van der Waals surface area (Å²) in [5, 5.41) is 3.08. The fourth-order valence-corrected chi connectivity index (χ4v) is 3.68. The lowest BCUT2D eigenvalue weighted by Gasteiger charge is -2.22. The minimum atomic E-state index is -3.40. The largest absolute Gasteiger partial charge is 0.345 e. The van der Waals surface area contributed by atoms with Crippen LogP contribution >= 0.6 is 0 Å². The van der Waals surface area contributed by atoms with Gasteiger partial charge in [0.25, 0.3) is 5.91 Å². The number of rotatable bonds is 6. The van der Waals surface area contributed by atoms with Crippen molar-refractivity contribution in [2.45, 2.75) is 40.2 Å². The summed E-state index contributed by atoms with van der Waals surface area (Å²) in [5.74, 6) is -0.218. The van der Waals surface area contributed by atoms with Crippen LogP contribution < -0.4 is 9.62 Å². The summed E-state index contributed by atoms with van der Waals surface area (Å²) in [4.78, 5) is 12.8. The first-order valence-electron chi connectivity index (χ1n) is 8.97. The van der Waals surface area contributed by atoms with Gasteiger partial charge in [-0.1, -0.05) is 36.8 Å². The molecule has 1 atom stereocenters. The van der Waals surface area contributed by atoms with E-state index in [1.165, 1.54) is 16.9 Å². The molecule has 1 amide bonds. The van der Waals surface area contributed by atoms with Crippen molar-refractivity contribution < 1.29 is 13.2 Å². The Morgan fingerprint density at radius 1 is 1.07 bits per heavy atom. The number of sulfonamides is 1. The van der Waals surface area contributed by atoms with Crippen molar-refractivity contribution in [3.8, 4) is 0 Å². The molecule has 0 unspecified atom stereocenters. The number of carbonyl (C=O) groups is 1. The predicted octanol–water partition coefficient (Wildman–Crippen LogP) is 3.89. The maximum atomic E-state index is 12.8. The van der Waals surface area contributed by atoms with Gasteiger partial charge in [-0.2, -0.15) is 0 Å². The summed E-state index contributed by atoms with van der Waals surface area (Å²) in [6, 6.07) is 11.2. The fraction of sp³-hybridized carbons (Fsp3) is 0.381. The van der Waals surface area contributed by atoms with Crippen LogP contribution in [0.3, 0.4) is 0 Å². The summed E-state index contributed by atoms with van der Waals surface area (Å²) in [7, 11) is -1.91. The van der Waals surface area contributed by atoms with Gasteiger partial charge in [-0.05, 0) is 56.0 Å². The summed E-state index contributed by atoms with van der Waals surface area (Å²) >= 11 is 0. The monoisotopic (exact) mass is 388 g/mol. The van der Waals surface area contributed by atoms with Gasteiger partial charge in [-0.3, -0.25) is 9.10 Å². The smallest absolute Gasteiger partial charge is 0.251 e. The Morgan fingerprint density at radius 2 is 1.74 bits per heavy atom. The molecule has 0 saturated carbocycles. The number of hydrogen-bond donors (Lipinski definition) is 1. The zero-order chi connectivity index (χ0) is 20.4. The van der Waals surface area contributed by atoms with Crippen molar-refractivity contribution >= 4 is 21.6 Å². The summed E-state index contributed by atoms with van der Waals surface area (Å²) in [6.45, 7) is 7.94. The Labute approximate surface area is 162 Å². The number of anilines is 1. The van der Waals surface area contributed by atoms with Crippen molar-refractivity contribution in [3.63, 3.8) is 0 Å². The second kappa shape index (κ2) is 8.13. The molecule has 6 heteroatoms. The topological polar surface area (TPSA) is 66.5 Å². The van der Waals surface area contributed by atoms with Gasteiger partial charge < -0.3 is 5.32 Å². The average molecular weight is 389 g/mol. The lowest BCUT2D eigenvalue weighted by molar-refractivity contribution is 0.0935. The number of hydrogen-bond acceptors (Lipinski definition) is 3. The molecule has 1 N–H and O–H groups in total. The SMILES string of the molecule is CC[C@@H](NC(=O)c1ccc(C)c(N(C)S(C)(=O)=O)c1)c1ccc(C)cc1C. The van der Waals surface area contributed by atoms with Gasteiger partial charge >= 0.3 is 0 Å². The predicted molar refractivity (Wildman–Crippen MR) is 111 cm³/mol. The van der Waals surface area contributed by atoms with E-state index in [9.17, 15) is 13.2 Å². The van der Waals surface area contributed by atoms with Crippen LogP contribution in [0.15, 0.2) is 36.4 Å². The van der Waals surface area contributed by atoms with Crippen molar-refractivity contribution in [3.05, 3.63) is 64.2 Å². The molecule has 0 saturated heterocycles. The minimum Gasteiger partial charge on any atom is -0.345 e. The van der Waals surface area contributed by atoms with Crippen molar-refractivity contribution in [2.75, 3.05) is 17.6 Å². The quantitative estimate of drug-likeness (QED) is 0.816. The highest BCUT2D eigenvalue weighted by atomic mass is 32.2. The fourth-order valence-electron chi connectivity index (χ4n) is 3.13. The van der Waals surface area contributed by atoms with Gasteiger partial charge in [-0.25, -0.2) is 8.42 Å². The number of benzene rings is 2. The Morgan fingerprint density at radius 3 is 2.30 bits per heavy atom. The molecule has 0 aliphatic carbocycles. The summed E-state index contributed by atoms with van der Waals surface area (Å²) in [5.41, 5.74) is 5.16. The Hall–Kier alpha value is -2.34. The molecule has 27 heavy (non-hydrogen) atoms. The highest BCUT2D eigenvalue weighted by Gasteiger charge is 2.19. The van der Waals surface area contributed by atoms with E-state index in [0.29, 0.717) is 11.3 Å². The van der Waals surface area contributed by atoms with Gasteiger partial charge in [0.1, 0.15) is 0 Å². The Balaban J connectivity index is 2.32. The zero-order valence-electron chi connectivity index (χ0n) is 16.8. The second-order valence-corrected chi connectivity index (χ2v) is 9.04. The molecule has 0 aliphatic rings. The molecule has 0 heterocycles. The molecule has 0 radical (unpaired) electrons. The minimum absolute atomic E-state index is 0.101. The summed E-state index contributed by atoms with van der Waals surface area (Å²) in [6.07, 6.45) is 1.91. The van der Waals surface area contributed by atoms with E-state index >= 15 is 0 Å². The van der Waals surface area contributed by atoms with Crippen LogP contribution in [0, 0.1) is 20.8 Å². The lowest BCUT2D eigenvalue weighted by atomic mass is 9.97. The standard InChI is InChI=1S/C21H28N2O3S/c1-7-19(18-11-8-14(2)12-16(18)4)22-21(24)17-10-9-15(3)20(13-17)23(5)27(6,25)26/h8-13,19H,7H2,1-6H3,(H,22,24)/t19-/m1/s1. The van der Waals surface area contributed by atoms with Crippen molar-refractivity contribution in [1.82, 2.24) is 5.32 Å². The number of carbonyl (C=O) groups excluding carboxylic acids is 1. The highest BCUT2D eigenvalue weighted by Crippen LogP contribution is 2.25. The van der Waals surface area contributed by atoms with Crippen LogP contribution in [0.4, 0.5) is 5.69 Å². The van der Waals surface area contributed by atoms with E-state index in [0.717, 1.165) is 29.4 Å². The third-order valence-corrected chi connectivity index (χ3v) is 6.01. The van der Waals surface area contributed by atoms with Crippen LogP contribution in [0.2, 0.25) is 0 Å². The molecule has 0 aromatic heterocycles. The third kappa shape index (κ3) is 4.89. The number of aryl methyl sites for hydroxylation is 3. The van der Waals surface area contributed by atoms with Gasteiger partial charge in [-0.15, -0.1) is 0 Å². The second-order valence-electron chi connectivity index (χ2n) is 7.03. The van der Waals surface area contributed by atoms with E-state index in [2.05, 4.69) is 17.4 Å². The van der Waals surface area contributed by atoms with Gasteiger partial charge in [0.15, 0.2) is 0 Å². The van der Waals surface area contributed by atoms with E-state index in [1.807, 2.05) is 33.8 Å². The van der Waals surface area contributed by atoms with Crippen LogP contribution in [0.1, 0.15) is 52.0 Å². The molecule has 0 bridgehead atoms. The van der Waals surface area contributed by atoms with E-state index in [1.54, 1.807) is 18.2 Å². The molecule has 5 nitrogen and oxygen atoms in total. The van der Waals surface area contributed by atoms with E-state index < -0.39 is 10.0 Å². The maximum Gasteiger partial charge on any atom is 0.251 e. The van der Waals surface area contributed by atoms with Gasteiger partial charge in [0.05, 0.1) is 18.0 Å². The molecule has 146 valence electrons. The average Bonchev–Trinajstić information content (AvgIpc) is 2.59. The Bertz CT molecular complexity index is 952. The molecular weight excluding hydrogens is 360 g/mol. The van der Waals surface area contributed by atoms with Crippen LogP contribution in [0.25, 0.3) is 0 Å². The summed E-state index contributed by atoms with van der Waals surface area (Å²) < 4.78 is 24.9. The number of nitrogens with one attached hydrogen (secondary N) is 1. The van der Waals surface area contributed by atoms with Gasteiger partial charge in [0, 0.05) is 12.6 Å². The zero-order valence-corrected chi connectivity index (χ0v) is 17.6. The molecule has 0 spiro atoms. The first-order valence-corrected chi connectivity index (χ1v) is 10.8. The van der Waals surface area contributed by atoms with Crippen molar-refractivity contribution in [2.24, 2.45) is 0 Å². The number of amides is 1. The maximum absolute atomic E-state index is 12.8. The third-order valence-electron chi connectivity index (χ3n) is 4.82. The highest BCUT2D eigenvalue weighted by molar-refractivity contribution is 7.92. The Kier molecular flexibility index (Phi) is 6.31. The molecule has 0 aliphatic heterocycles. The first-order chi connectivity index (χ1) is 12.5. The van der Waals surface area contributed by atoms with Gasteiger partial charge in [0.2, 0.25) is 10.0 Å². The molecular formula is C21H28N2O3S. The van der Waals surface area contributed by atoms with Crippen molar-refractivity contribution in [1.29, 1.82) is 0 Å². The van der Waals surface area contributed by atoms with Crippen LogP contribution in [-0.4, -0.2) is 27.6 Å². The normalized spacial score (nSPS) is 12.5. The molecule has 2 aromatic rings. The van der Waals surface area contributed by atoms with Crippen LogP contribution in [0.5, 0.6) is 0 Å². The lowest BCUT2D eigenvalue weighted by Crippen LogP contribution is -2.29. The van der Waals surface area contributed by atoms with E-state index in [4.69, 9.17) is 0 Å². The van der Waals surface area contributed by atoms with E-state index in [-0.39, 0.29) is 11.9 Å². The molecule has 2 rings (SSSR count). The first kappa shape index (κ1) is 21.0. The number of nitrogens with zero attached hydrogens (tertiary/aromatic N) is 1. The molecule has 2 aromatic carbocycles.